The van der Waals surface area contributed by atoms with E-state index in [2.05, 4.69) is 15.5 Å². The van der Waals surface area contributed by atoms with Crippen LogP contribution >= 0.6 is 23.4 Å². The van der Waals surface area contributed by atoms with Gasteiger partial charge < -0.3 is 14.6 Å². The van der Waals surface area contributed by atoms with E-state index in [1.165, 1.54) is 11.8 Å². The summed E-state index contributed by atoms with van der Waals surface area (Å²) in [7, 11) is 1.86. The second kappa shape index (κ2) is 9.33. The van der Waals surface area contributed by atoms with Crippen LogP contribution in [0.5, 0.6) is 5.75 Å². The van der Waals surface area contributed by atoms with Crippen molar-refractivity contribution in [3.63, 3.8) is 0 Å². The van der Waals surface area contributed by atoms with E-state index in [4.69, 9.17) is 16.3 Å². The first-order valence-corrected chi connectivity index (χ1v) is 10.5. The van der Waals surface area contributed by atoms with Crippen molar-refractivity contribution >= 4 is 35.0 Å². The van der Waals surface area contributed by atoms with Gasteiger partial charge in [0, 0.05) is 12.7 Å². The lowest BCUT2D eigenvalue weighted by Gasteiger charge is -2.16. The van der Waals surface area contributed by atoms with E-state index >= 15 is 0 Å². The summed E-state index contributed by atoms with van der Waals surface area (Å²) in [6, 6.07) is 15.0. The molecule has 0 saturated heterocycles. The van der Waals surface area contributed by atoms with Gasteiger partial charge in [0.15, 0.2) is 17.1 Å². The number of benzene rings is 2. The van der Waals surface area contributed by atoms with Crippen LogP contribution in [0.1, 0.15) is 31.3 Å². The van der Waals surface area contributed by atoms with Crippen LogP contribution in [0.2, 0.25) is 5.02 Å². The monoisotopic (exact) mass is 430 g/mol. The average Bonchev–Trinajstić information content (AvgIpc) is 3.04. The molecule has 1 aromatic heterocycles. The van der Waals surface area contributed by atoms with Crippen LogP contribution in [-0.2, 0) is 11.8 Å². The Labute approximate surface area is 179 Å². The zero-order valence-corrected chi connectivity index (χ0v) is 18.3. The molecule has 29 heavy (non-hydrogen) atoms. The molecule has 3 rings (SSSR count). The number of anilines is 1. The van der Waals surface area contributed by atoms with Crippen LogP contribution in [0.4, 0.5) is 5.69 Å². The van der Waals surface area contributed by atoms with Gasteiger partial charge in [-0.05, 0) is 50.6 Å². The van der Waals surface area contributed by atoms with E-state index in [9.17, 15) is 4.79 Å². The SMILES string of the molecule is Cc1cccc(NC(=O)C(C)Sc2nnc(C(C)Oc3ccccc3Cl)n2C)c1. The van der Waals surface area contributed by atoms with Gasteiger partial charge in [-0.3, -0.25) is 4.79 Å². The molecule has 8 heteroatoms. The lowest BCUT2D eigenvalue weighted by atomic mass is 10.2. The highest BCUT2D eigenvalue weighted by Gasteiger charge is 2.22. The van der Waals surface area contributed by atoms with Crippen LogP contribution in [0.25, 0.3) is 0 Å². The van der Waals surface area contributed by atoms with Crippen LogP contribution in [0, 0.1) is 6.92 Å². The number of halogens is 1. The molecule has 152 valence electrons. The molecule has 0 saturated carbocycles. The number of nitrogens with one attached hydrogen (secondary N) is 1. The third kappa shape index (κ3) is 5.31. The van der Waals surface area contributed by atoms with Crippen molar-refractivity contribution in [2.24, 2.45) is 7.05 Å². The van der Waals surface area contributed by atoms with Gasteiger partial charge in [0.05, 0.1) is 10.3 Å². The van der Waals surface area contributed by atoms with Gasteiger partial charge >= 0.3 is 0 Å². The number of hydrogen-bond acceptors (Lipinski definition) is 5. The van der Waals surface area contributed by atoms with Gasteiger partial charge in [0.1, 0.15) is 5.75 Å². The zero-order valence-electron chi connectivity index (χ0n) is 16.7. The average molecular weight is 431 g/mol. The van der Waals surface area contributed by atoms with Crippen molar-refractivity contribution in [3.8, 4) is 5.75 Å². The normalized spacial score (nSPS) is 13.0. The summed E-state index contributed by atoms with van der Waals surface area (Å²) in [5.41, 5.74) is 1.87. The predicted molar refractivity (Wildman–Crippen MR) is 117 cm³/mol. The molecule has 0 radical (unpaired) electrons. The molecular weight excluding hydrogens is 408 g/mol. The fourth-order valence-corrected chi connectivity index (χ4v) is 3.75. The fraction of sp³-hybridized carbons (Fsp3) is 0.286. The standard InChI is InChI=1S/C21H23ClN4O2S/c1-13-8-7-9-16(12-13)23-20(27)15(3)29-21-25-24-19(26(21)4)14(2)28-18-11-6-5-10-17(18)22/h5-12,14-15H,1-4H3,(H,23,27). The molecule has 0 aliphatic heterocycles. The minimum absolute atomic E-state index is 0.0921. The summed E-state index contributed by atoms with van der Waals surface area (Å²) in [4.78, 5) is 12.5. The van der Waals surface area contributed by atoms with E-state index in [0.717, 1.165) is 11.3 Å². The number of aromatic nitrogens is 3. The Balaban J connectivity index is 1.65. The maximum absolute atomic E-state index is 12.5. The number of thioether (sulfide) groups is 1. The number of amides is 1. The van der Waals surface area contributed by atoms with Crippen LogP contribution in [0.15, 0.2) is 53.7 Å². The molecular formula is C21H23ClN4O2S. The first kappa shape index (κ1) is 21.2. The van der Waals surface area contributed by atoms with E-state index in [1.54, 1.807) is 6.07 Å². The largest absolute Gasteiger partial charge is 0.481 e. The van der Waals surface area contributed by atoms with Crippen molar-refractivity contribution in [1.29, 1.82) is 0 Å². The van der Waals surface area contributed by atoms with Gasteiger partial charge in [-0.25, -0.2) is 0 Å². The number of nitrogens with zero attached hydrogens (tertiary/aromatic N) is 3. The summed E-state index contributed by atoms with van der Waals surface area (Å²) in [6.45, 7) is 5.71. The Hall–Kier alpha value is -2.51. The Morgan fingerprint density at radius 1 is 1.17 bits per heavy atom. The van der Waals surface area contributed by atoms with E-state index in [0.29, 0.717) is 21.8 Å². The molecule has 1 heterocycles. The van der Waals surface area contributed by atoms with Crippen molar-refractivity contribution < 1.29 is 9.53 Å². The molecule has 6 nitrogen and oxygen atoms in total. The molecule has 1 amide bonds. The van der Waals surface area contributed by atoms with Gasteiger partial charge in [-0.15, -0.1) is 10.2 Å². The number of carbonyl (C=O) groups excluding carboxylic acids is 1. The Bertz CT molecular complexity index is 1010. The number of aryl methyl sites for hydroxylation is 1. The summed E-state index contributed by atoms with van der Waals surface area (Å²) in [5, 5.41) is 12.2. The smallest absolute Gasteiger partial charge is 0.237 e. The predicted octanol–water partition coefficient (Wildman–Crippen LogP) is 5.04. The number of hydrogen-bond donors (Lipinski definition) is 1. The van der Waals surface area contributed by atoms with Crippen molar-refractivity contribution in [2.45, 2.75) is 37.3 Å². The third-order valence-electron chi connectivity index (χ3n) is 4.31. The number of rotatable bonds is 7. The van der Waals surface area contributed by atoms with E-state index in [1.807, 2.05) is 74.9 Å². The second-order valence-corrected chi connectivity index (χ2v) is 8.42. The molecule has 0 aliphatic rings. The highest BCUT2D eigenvalue weighted by molar-refractivity contribution is 8.00. The highest BCUT2D eigenvalue weighted by atomic mass is 35.5. The number of ether oxygens (including phenoxy) is 1. The van der Waals surface area contributed by atoms with Crippen molar-refractivity contribution in [1.82, 2.24) is 14.8 Å². The molecule has 2 atom stereocenters. The summed E-state index contributed by atoms with van der Waals surface area (Å²) in [5.74, 6) is 1.15. The van der Waals surface area contributed by atoms with Gasteiger partial charge in [0.2, 0.25) is 5.91 Å². The minimum Gasteiger partial charge on any atom is -0.481 e. The molecule has 1 N–H and O–H groups in total. The first-order valence-electron chi connectivity index (χ1n) is 9.20. The summed E-state index contributed by atoms with van der Waals surface area (Å²) >= 11 is 7.51. The fourth-order valence-electron chi connectivity index (χ4n) is 2.74. The van der Waals surface area contributed by atoms with Crippen molar-refractivity contribution in [3.05, 3.63) is 64.9 Å². The molecule has 0 aliphatic carbocycles. The summed E-state index contributed by atoms with van der Waals surface area (Å²) < 4.78 is 7.76. The Morgan fingerprint density at radius 2 is 1.93 bits per heavy atom. The Kier molecular flexibility index (Phi) is 6.82. The van der Waals surface area contributed by atoms with Crippen molar-refractivity contribution in [2.75, 3.05) is 5.32 Å². The van der Waals surface area contributed by atoms with Crippen LogP contribution < -0.4 is 10.1 Å². The quantitative estimate of drug-likeness (QED) is 0.532. The maximum atomic E-state index is 12.5. The van der Waals surface area contributed by atoms with Crippen LogP contribution in [-0.4, -0.2) is 25.9 Å². The lowest BCUT2D eigenvalue weighted by molar-refractivity contribution is -0.115. The van der Waals surface area contributed by atoms with E-state index in [-0.39, 0.29) is 17.3 Å². The van der Waals surface area contributed by atoms with Gasteiger partial charge in [0.25, 0.3) is 0 Å². The van der Waals surface area contributed by atoms with Gasteiger partial charge in [-0.2, -0.15) is 0 Å². The Morgan fingerprint density at radius 3 is 2.66 bits per heavy atom. The zero-order chi connectivity index (χ0) is 21.0. The number of para-hydroxylation sites is 1. The molecule has 2 aromatic carbocycles. The molecule has 0 fully saturated rings. The first-order chi connectivity index (χ1) is 13.8. The highest BCUT2D eigenvalue weighted by Crippen LogP contribution is 2.30. The summed E-state index contributed by atoms with van der Waals surface area (Å²) in [6.07, 6.45) is -0.349. The molecule has 2 unspecified atom stereocenters. The van der Waals surface area contributed by atoms with Gasteiger partial charge in [-0.1, -0.05) is 47.6 Å². The van der Waals surface area contributed by atoms with Crippen LogP contribution in [0.3, 0.4) is 0 Å². The molecule has 3 aromatic rings. The van der Waals surface area contributed by atoms with E-state index < -0.39 is 0 Å². The lowest BCUT2D eigenvalue weighted by Crippen LogP contribution is -2.23. The second-order valence-electron chi connectivity index (χ2n) is 6.71. The third-order valence-corrected chi connectivity index (χ3v) is 5.76. The molecule has 0 spiro atoms. The number of carbonyl (C=O) groups is 1. The maximum Gasteiger partial charge on any atom is 0.237 e. The molecule has 0 bridgehead atoms. The topological polar surface area (TPSA) is 69.0 Å². The minimum atomic E-state index is -0.349.